The van der Waals surface area contributed by atoms with Crippen LogP contribution in [0.15, 0.2) is 36.4 Å². The molecular formula is C25H29BrF3NO2. The normalized spacial score (nSPS) is 22.6. The Hall–Kier alpha value is -1.57. The highest BCUT2D eigenvalue weighted by molar-refractivity contribution is 9.09. The van der Waals surface area contributed by atoms with Crippen LogP contribution in [0.4, 0.5) is 13.2 Å². The topological polar surface area (TPSA) is 21.7 Å². The molecule has 0 N–H and O–H groups in total. The zero-order chi connectivity index (χ0) is 22.9. The second kappa shape index (κ2) is 9.74. The number of ether oxygens (including phenoxy) is 2. The third-order valence-electron chi connectivity index (χ3n) is 6.77. The number of benzene rings is 2. The van der Waals surface area contributed by atoms with Gasteiger partial charge in [-0.25, -0.2) is 0 Å². The molecule has 1 saturated heterocycles. The smallest absolute Gasteiger partial charge is 0.416 e. The predicted molar refractivity (Wildman–Crippen MR) is 122 cm³/mol. The number of hydrogen-bond acceptors (Lipinski definition) is 3. The number of hydrogen-bond donors (Lipinski definition) is 0. The minimum absolute atomic E-state index is 0.0171. The highest BCUT2D eigenvalue weighted by atomic mass is 79.9. The largest absolute Gasteiger partial charge is 0.496 e. The molecule has 4 rings (SSSR count). The van der Waals surface area contributed by atoms with E-state index < -0.39 is 11.7 Å². The number of nitrogens with zero attached hydrogens (tertiary/aromatic N) is 1. The van der Waals surface area contributed by atoms with E-state index in [1.165, 1.54) is 23.3 Å². The summed E-state index contributed by atoms with van der Waals surface area (Å²) in [6.07, 6.45) is -1.23. The molecular weight excluding hydrogens is 483 g/mol. The molecule has 2 aromatic rings. The number of fused-ring (bicyclic) bond motifs is 1. The van der Waals surface area contributed by atoms with E-state index in [-0.39, 0.29) is 12.2 Å². The molecule has 0 aromatic heterocycles. The van der Waals surface area contributed by atoms with Crippen LogP contribution >= 0.6 is 15.9 Å². The van der Waals surface area contributed by atoms with E-state index in [0.29, 0.717) is 12.5 Å². The summed E-state index contributed by atoms with van der Waals surface area (Å²) in [5.74, 6) is 1.43. The highest BCUT2D eigenvalue weighted by Crippen LogP contribution is 2.41. The molecule has 0 radical (unpaired) electrons. The van der Waals surface area contributed by atoms with Crippen molar-refractivity contribution in [3.63, 3.8) is 0 Å². The Bertz CT molecular complexity index is 924. The van der Waals surface area contributed by atoms with Gasteiger partial charge in [0.1, 0.15) is 5.75 Å². The molecule has 32 heavy (non-hydrogen) atoms. The number of rotatable bonds is 5. The molecule has 2 unspecified atom stereocenters. The Morgan fingerprint density at radius 3 is 2.38 bits per heavy atom. The summed E-state index contributed by atoms with van der Waals surface area (Å²) in [4.78, 5) is 2.32. The van der Waals surface area contributed by atoms with E-state index in [0.717, 1.165) is 54.6 Å². The third kappa shape index (κ3) is 5.00. The van der Waals surface area contributed by atoms with Crippen molar-refractivity contribution in [2.24, 2.45) is 5.92 Å². The van der Waals surface area contributed by atoms with Gasteiger partial charge in [-0.1, -0.05) is 40.2 Å². The van der Waals surface area contributed by atoms with Crippen LogP contribution in [0.1, 0.15) is 46.8 Å². The van der Waals surface area contributed by atoms with Crippen molar-refractivity contribution in [3.8, 4) is 5.75 Å². The van der Waals surface area contributed by atoms with E-state index in [9.17, 15) is 13.2 Å². The van der Waals surface area contributed by atoms with Gasteiger partial charge in [0, 0.05) is 23.9 Å². The van der Waals surface area contributed by atoms with Gasteiger partial charge in [-0.05, 0) is 67.6 Å². The first-order valence-corrected chi connectivity index (χ1v) is 12.2. The molecule has 0 aliphatic carbocycles. The Morgan fingerprint density at radius 1 is 1.09 bits per heavy atom. The van der Waals surface area contributed by atoms with Crippen LogP contribution in [0.25, 0.3) is 0 Å². The number of methoxy groups -OCH3 is 1. The molecule has 2 aliphatic rings. The lowest BCUT2D eigenvalue weighted by atomic mass is 9.83. The molecule has 0 spiro atoms. The van der Waals surface area contributed by atoms with Crippen molar-refractivity contribution in [3.05, 3.63) is 64.2 Å². The summed E-state index contributed by atoms with van der Waals surface area (Å²) in [6, 6.07) is 9.77. The average Bonchev–Trinajstić information content (AvgIpc) is 2.78. The quantitative estimate of drug-likeness (QED) is 0.439. The maximum Gasteiger partial charge on any atom is 0.416 e. The SMILES string of the molecule is COc1c(C)ccc2c1CC(C1CCN(Cc3ccc(C(F)(F)F)cc3)CC1)OC2CBr. The second-order valence-electron chi connectivity index (χ2n) is 8.81. The minimum Gasteiger partial charge on any atom is -0.496 e. The van der Waals surface area contributed by atoms with E-state index in [4.69, 9.17) is 9.47 Å². The van der Waals surface area contributed by atoms with Gasteiger partial charge in [-0.3, -0.25) is 4.90 Å². The van der Waals surface area contributed by atoms with Crippen LogP contribution in [-0.4, -0.2) is 36.5 Å². The molecule has 0 amide bonds. The summed E-state index contributed by atoms with van der Waals surface area (Å²) in [5.41, 5.74) is 3.94. The summed E-state index contributed by atoms with van der Waals surface area (Å²) in [7, 11) is 1.73. The van der Waals surface area contributed by atoms with Crippen LogP contribution in [0.5, 0.6) is 5.75 Å². The van der Waals surface area contributed by atoms with Gasteiger partial charge in [-0.15, -0.1) is 0 Å². The van der Waals surface area contributed by atoms with Crippen molar-refractivity contribution in [1.29, 1.82) is 0 Å². The minimum atomic E-state index is -4.29. The van der Waals surface area contributed by atoms with Crippen LogP contribution in [-0.2, 0) is 23.9 Å². The Kier molecular flexibility index (Phi) is 7.18. The lowest BCUT2D eigenvalue weighted by Crippen LogP contribution is -2.41. The molecule has 1 fully saturated rings. The van der Waals surface area contributed by atoms with Crippen LogP contribution in [0, 0.1) is 12.8 Å². The molecule has 0 saturated carbocycles. The zero-order valence-electron chi connectivity index (χ0n) is 18.4. The van der Waals surface area contributed by atoms with Crippen LogP contribution in [0.2, 0.25) is 0 Å². The predicted octanol–water partition coefficient (Wildman–Crippen LogP) is 6.31. The van der Waals surface area contributed by atoms with E-state index >= 15 is 0 Å². The fourth-order valence-corrected chi connectivity index (χ4v) is 5.53. The summed E-state index contributed by atoms with van der Waals surface area (Å²) in [6.45, 7) is 4.59. The van der Waals surface area contributed by atoms with Crippen LogP contribution in [0.3, 0.4) is 0 Å². The van der Waals surface area contributed by atoms with Crippen molar-refractivity contribution in [2.45, 2.75) is 51.1 Å². The standard InChI is InChI=1S/C25H29BrF3NO2/c1-16-3-8-20-21(24(16)31-2)13-22(32-23(20)14-26)18-9-11-30(12-10-18)15-17-4-6-19(7-5-17)25(27,28)29/h3-8,18,22-23H,9-15H2,1-2H3. The molecule has 2 aliphatic heterocycles. The zero-order valence-corrected chi connectivity index (χ0v) is 20.0. The lowest BCUT2D eigenvalue weighted by molar-refractivity contribution is -0.137. The van der Waals surface area contributed by atoms with Crippen molar-refractivity contribution in [2.75, 3.05) is 25.5 Å². The number of halogens is 4. The number of likely N-dealkylation sites (tertiary alicyclic amines) is 1. The number of piperidine rings is 1. The van der Waals surface area contributed by atoms with Crippen molar-refractivity contribution >= 4 is 15.9 Å². The Balaban J connectivity index is 1.39. The van der Waals surface area contributed by atoms with E-state index in [2.05, 4.69) is 39.9 Å². The summed E-state index contributed by atoms with van der Waals surface area (Å²) < 4.78 is 50.6. The Labute approximate surface area is 196 Å². The first kappa shape index (κ1) is 23.6. The third-order valence-corrected chi connectivity index (χ3v) is 7.36. The van der Waals surface area contributed by atoms with Gasteiger partial charge in [0.05, 0.1) is 24.9 Å². The fourth-order valence-electron chi connectivity index (χ4n) is 5.03. The number of alkyl halides is 4. The van der Waals surface area contributed by atoms with Gasteiger partial charge < -0.3 is 9.47 Å². The molecule has 2 atom stereocenters. The van der Waals surface area contributed by atoms with Gasteiger partial charge in [0.25, 0.3) is 0 Å². The summed E-state index contributed by atoms with van der Waals surface area (Å²) >= 11 is 3.62. The van der Waals surface area contributed by atoms with Crippen molar-refractivity contribution in [1.82, 2.24) is 4.90 Å². The van der Waals surface area contributed by atoms with Gasteiger partial charge in [0.2, 0.25) is 0 Å². The number of aryl methyl sites for hydroxylation is 1. The molecule has 0 bridgehead atoms. The summed E-state index contributed by atoms with van der Waals surface area (Å²) in [5, 5.41) is 0.746. The molecule has 174 valence electrons. The lowest BCUT2D eigenvalue weighted by Gasteiger charge is -2.40. The van der Waals surface area contributed by atoms with Crippen molar-refractivity contribution < 1.29 is 22.6 Å². The highest BCUT2D eigenvalue weighted by Gasteiger charge is 2.36. The van der Waals surface area contributed by atoms with Gasteiger partial charge in [-0.2, -0.15) is 13.2 Å². The maximum atomic E-state index is 12.8. The van der Waals surface area contributed by atoms with Gasteiger partial charge in [0.15, 0.2) is 0 Å². The fraction of sp³-hybridized carbons (Fsp3) is 0.520. The molecule has 2 heterocycles. The molecule has 3 nitrogen and oxygen atoms in total. The first-order valence-electron chi connectivity index (χ1n) is 11.1. The van der Waals surface area contributed by atoms with E-state index in [1.54, 1.807) is 19.2 Å². The van der Waals surface area contributed by atoms with E-state index in [1.807, 2.05) is 0 Å². The van der Waals surface area contributed by atoms with Gasteiger partial charge >= 0.3 is 6.18 Å². The molecule has 7 heteroatoms. The Morgan fingerprint density at radius 2 is 1.78 bits per heavy atom. The average molecular weight is 512 g/mol. The first-order chi connectivity index (χ1) is 15.3. The maximum absolute atomic E-state index is 12.8. The second-order valence-corrected chi connectivity index (χ2v) is 9.46. The van der Waals surface area contributed by atoms with Crippen LogP contribution < -0.4 is 4.74 Å². The molecule has 2 aromatic carbocycles. The monoisotopic (exact) mass is 511 g/mol.